The van der Waals surface area contributed by atoms with Crippen LogP contribution in [-0.4, -0.2) is 14.5 Å². The molecule has 10 aromatic rings. The van der Waals surface area contributed by atoms with Crippen molar-refractivity contribution in [2.75, 3.05) is 0 Å². The van der Waals surface area contributed by atoms with Crippen LogP contribution in [0.2, 0.25) is 0 Å². The van der Waals surface area contributed by atoms with Crippen LogP contribution in [0.15, 0.2) is 176 Å². The predicted molar refractivity (Wildman–Crippen MR) is 205 cm³/mol. The van der Waals surface area contributed by atoms with Gasteiger partial charge in [0, 0.05) is 43.9 Å². The van der Waals surface area contributed by atoms with Crippen LogP contribution in [0, 0.1) is 0 Å². The average Bonchev–Trinajstić information content (AvgIpc) is 3.55. The normalized spacial score (nSPS) is 11.7. The van der Waals surface area contributed by atoms with Gasteiger partial charge in [0.25, 0.3) is 0 Å². The number of rotatable bonds is 4. The average molecular weight is 624 g/mol. The molecule has 0 aliphatic carbocycles. The highest BCUT2D eigenvalue weighted by atomic mass is 15.0. The summed E-state index contributed by atoms with van der Waals surface area (Å²) in [6, 6.07) is 62.5. The molecular formula is C46H29N3. The first kappa shape index (κ1) is 27.5. The lowest BCUT2D eigenvalue weighted by Crippen LogP contribution is -1.99. The van der Waals surface area contributed by atoms with Crippen molar-refractivity contribution in [3.63, 3.8) is 0 Å². The zero-order valence-corrected chi connectivity index (χ0v) is 26.6. The second-order valence-electron chi connectivity index (χ2n) is 12.6. The van der Waals surface area contributed by atoms with Crippen molar-refractivity contribution in [3.05, 3.63) is 176 Å². The molecule has 10 rings (SSSR count). The number of aromatic nitrogens is 3. The zero-order chi connectivity index (χ0) is 32.3. The van der Waals surface area contributed by atoms with Gasteiger partial charge in [0.2, 0.25) is 0 Å². The lowest BCUT2D eigenvalue weighted by atomic mass is 9.96. The van der Waals surface area contributed by atoms with Crippen molar-refractivity contribution in [2.45, 2.75) is 0 Å². The fourth-order valence-electron chi connectivity index (χ4n) is 7.57. The largest absolute Gasteiger partial charge is 0.308 e. The number of nitrogens with zero attached hydrogens (tertiary/aromatic N) is 3. The minimum atomic E-state index is 0.697. The zero-order valence-electron chi connectivity index (χ0n) is 26.6. The van der Waals surface area contributed by atoms with E-state index in [2.05, 4.69) is 168 Å². The second kappa shape index (κ2) is 11.0. The summed E-state index contributed by atoms with van der Waals surface area (Å²) in [6.45, 7) is 0. The Balaban J connectivity index is 1.30. The Kier molecular flexibility index (Phi) is 6.18. The van der Waals surface area contributed by atoms with Gasteiger partial charge in [0.05, 0.1) is 22.4 Å². The van der Waals surface area contributed by atoms with Crippen molar-refractivity contribution in [1.82, 2.24) is 14.5 Å². The van der Waals surface area contributed by atoms with Gasteiger partial charge in [-0.1, -0.05) is 158 Å². The molecule has 0 aliphatic rings. The van der Waals surface area contributed by atoms with Crippen molar-refractivity contribution in [2.24, 2.45) is 0 Å². The van der Waals surface area contributed by atoms with E-state index in [1.807, 2.05) is 12.1 Å². The standard InChI is InChI=1S/C46H29N3/c1-3-15-31(16-4-1)41-29-42(32-17-5-2-6-18-32)48-46(47-41)33-19-13-20-34(28-33)49-44-35-21-8-7-14-30(35)26-27-40(44)43-38-24-11-9-22-36(38)37-23-10-12-25-39(37)45(43)49/h1-29H. The molecule has 49 heavy (non-hydrogen) atoms. The van der Waals surface area contributed by atoms with Crippen LogP contribution in [0.5, 0.6) is 0 Å². The van der Waals surface area contributed by atoms with Gasteiger partial charge >= 0.3 is 0 Å². The molecule has 0 amide bonds. The minimum absolute atomic E-state index is 0.697. The van der Waals surface area contributed by atoms with Crippen LogP contribution in [0.25, 0.3) is 93.7 Å². The summed E-state index contributed by atoms with van der Waals surface area (Å²) in [6.07, 6.45) is 0. The fraction of sp³-hybridized carbons (Fsp3) is 0. The monoisotopic (exact) mass is 623 g/mol. The maximum Gasteiger partial charge on any atom is 0.160 e. The molecule has 0 bridgehead atoms. The molecule has 0 aliphatic heterocycles. The highest BCUT2D eigenvalue weighted by Gasteiger charge is 2.21. The van der Waals surface area contributed by atoms with E-state index in [1.165, 1.54) is 54.1 Å². The Morgan fingerprint density at radius 3 is 1.59 bits per heavy atom. The molecule has 2 heterocycles. The molecule has 0 spiro atoms. The first-order valence-corrected chi connectivity index (χ1v) is 16.7. The van der Waals surface area contributed by atoms with Crippen LogP contribution < -0.4 is 0 Å². The highest BCUT2D eigenvalue weighted by Crippen LogP contribution is 2.44. The highest BCUT2D eigenvalue weighted by molar-refractivity contribution is 6.34. The van der Waals surface area contributed by atoms with Crippen LogP contribution in [0.3, 0.4) is 0 Å². The van der Waals surface area contributed by atoms with E-state index in [4.69, 9.17) is 9.97 Å². The smallest absolute Gasteiger partial charge is 0.160 e. The van der Waals surface area contributed by atoms with Crippen LogP contribution in [0.4, 0.5) is 0 Å². The summed E-state index contributed by atoms with van der Waals surface area (Å²) in [7, 11) is 0. The van der Waals surface area contributed by atoms with E-state index < -0.39 is 0 Å². The van der Waals surface area contributed by atoms with Crippen LogP contribution >= 0.6 is 0 Å². The van der Waals surface area contributed by atoms with Gasteiger partial charge in [-0.15, -0.1) is 0 Å². The summed E-state index contributed by atoms with van der Waals surface area (Å²) in [5.74, 6) is 0.697. The molecule has 0 N–H and O–H groups in total. The first-order valence-electron chi connectivity index (χ1n) is 16.7. The molecule has 8 aromatic carbocycles. The van der Waals surface area contributed by atoms with Crippen molar-refractivity contribution >= 4 is 54.1 Å². The summed E-state index contributed by atoms with van der Waals surface area (Å²) in [5.41, 5.74) is 8.37. The van der Waals surface area contributed by atoms with Gasteiger partial charge < -0.3 is 4.57 Å². The van der Waals surface area contributed by atoms with Gasteiger partial charge in [-0.05, 0) is 39.7 Å². The first-order chi connectivity index (χ1) is 24.3. The topological polar surface area (TPSA) is 30.7 Å². The second-order valence-corrected chi connectivity index (χ2v) is 12.6. The van der Waals surface area contributed by atoms with E-state index in [-0.39, 0.29) is 0 Å². The van der Waals surface area contributed by atoms with E-state index in [9.17, 15) is 0 Å². The molecule has 3 nitrogen and oxygen atoms in total. The number of hydrogen-bond donors (Lipinski definition) is 0. The molecule has 0 fully saturated rings. The van der Waals surface area contributed by atoms with Gasteiger partial charge in [-0.25, -0.2) is 9.97 Å². The molecule has 0 atom stereocenters. The summed E-state index contributed by atoms with van der Waals surface area (Å²) >= 11 is 0. The Morgan fingerprint density at radius 1 is 0.347 bits per heavy atom. The Bertz CT molecular complexity index is 2810. The van der Waals surface area contributed by atoms with E-state index in [0.717, 1.165) is 33.8 Å². The molecular weight excluding hydrogens is 595 g/mol. The molecule has 0 radical (unpaired) electrons. The third-order valence-corrected chi connectivity index (χ3v) is 9.75. The van der Waals surface area contributed by atoms with Gasteiger partial charge in [-0.2, -0.15) is 0 Å². The molecule has 0 saturated carbocycles. The van der Waals surface area contributed by atoms with Gasteiger partial charge in [-0.3, -0.25) is 0 Å². The van der Waals surface area contributed by atoms with E-state index in [1.54, 1.807) is 0 Å². The summed E-state index contributed by atoms with van der Waals surface area (Å²) < 4.78 is 2.48. The minimum Gasteiger partial charge on any atom is -0.308 e. The van der Waals surface area contributed by atoms with Crippen molar-refractivity contribution in [3.8, 4) is 39.6 Å². The molecule has 228 valence electrons. The maximum atomic E-state index is 5.17. The maximum absolute atomic E-state index is 5.17. The van der Waals surface area contributed by atoms with Crippen molar-refractivity contribution < 1.29 is 0 Å². The quantitative estimate of drug-likeness (QED) is 0.183. The number of fused-ring (bicyclic) bond motifs is 10. The Morgan fingerprint density at radius 2 is 0.898 bits per heavy atom. The van der Waals surface area contributed by atoms with Crippen LogP contribution in [-0.2, 0) is 0 Å². The van der Waals surface area contributed by atoms with Gasteiger partial charge in [0.1, 0.15) is 0 Å². The molecule has 3 heteroatoms. The summed E-state index contributed by atoms with van der Waals surface area (Å²) in [4.78, 5) is 10.3. The molecule has 0 unspecified atom stereocenters. The Hall–Kier alpha value is -6.58. The van der Waals surface area contributed by atoms with Gasteiger partial charge in [0.15, 0.2) is 5.82 Å². The molecule has 0 saturated heterocycles. The lowest BCUT2D eigenvalue weighted by Gasteiger charge is -2.14. The lowest BCUT2D eigenvalue weighted by molar-refractivity contribution is 1.16. The number of benzene rings is 8. The molecule has 2 aromatic heterocycles. The third-order valence-electron chi connectivity index (χ3n) is 9.75. The number of hydrogen-bond acceptors (Lipinski definition) is 2. The van der Waals surface area contributed by atoms with E-state index in [0.29, 0.717) is 5.82 Å². The SMILES string of the molecule is c1ccc(-c2cc(-c3ccccc3)nc(-c3cccc(-n4c5c6ccccc6ccc5c5c6ccccc6c6ccccc6c54)c3)n2)cc1. The summed E-state index contributed by atoms with van der Waals surface area (Å²) in [5, 5.41) is 9.98. The fourth-order valence-corrected chi connectivity index (χ4v) is 7.57. The van der Waals surface area contributed by atoms with E-state index >= 15 is 0 Å². The van der Waals surface area contributed by atoms with Crippen molar-refractivity contribution in [1.29, 1.82) is 0 Å². The van der Waals surface area contributed by atoms with Crippen LogP contribution in [0.1, 0.15) is 0 Å². The third kappa shape index (κ3) is 4.37. The predicted octanol–water partition coefficient (Wildman–Crippen LogP) is 12.0. The Labute approximate surface area is 283 Å².